The lowest BCUT2D eigenvalue weighted by atomic mass is 10.2. The molecule has 2 aromatic rings. The molecular formula is C12H12N4O2S. The maximum absolute atomic E-state index is 11.7. The summed E-state index contributed by atoms with van der Waals surface area (Å²) in [7, 11) is 0. The minimum absolute atomic E-state index is 0.201. The van der Waals surface area contributed by atoms with E-state index >= 15 is 0 Å². The van der Waals surface area contributed by atoms with E-state index in [1.807, 2.05) is 0 Å². The fraction of sp³-hybridized carbons (Fsp3) is 0.167. The molecule has 98 valence electrons. The van der Waals surface area contributed by atoms with Crippen LogP contribution in [0.25, 0.3) is 0 Å². The third-order valence-electron chi connectivity index (χ3n) is 2.62. The topological polar surface area (TPSA) is 93.8 Å². The van der Waals surface area contributed by atoms with Gasteiger partial charge in [-0.15, -0.1) is 0 Å². The van der Waals surface area contributed by atoms with Crippen molar-refractivity contribution in [1.29, 1.82) is 0 Å². The van der Waals surface area contributed by atoms with Crippen molar-refractivity contribution in [2.75, 3.05) is 0 Å². The van der Waals surface area contributed by atoms with E-state index in [-0.39, 0.29) is 10.5 Å². The summed E-state index contributed by atoms with van der Waals surface area (Å²) in [4.78, 5) is 29.4. The molecule has 0 amide bonds. The van der Waals surface area contributed by atoms with E-state index in [1.165, 1.54) is 10.8 Å². The number of aromatic amines is 1. The van der Waals surface area contributed by atoms with Gasteiger partial charge < -0.3 is 5.73 Å². The van der Waals surface area contributed by atoms with Crippen LogP contribution in [0.15, 0.2) is 34.1 Å². The number of rotatable bonds is 3. The van der Waals surface area contributed by atoms with Crippen molar-refractivity contribution in [3.63, 3.8) is 0 Å². The molecule has 0 saturated carbocycles. The maximum Gasteiger partial charge on any atom is 0.328 e. The van der Waals surface area contributed by atoms with Crippen LogP contribution in [-0.4, -0.2) is 19.5 Å². The number of aromatic nitrogens is 3. The SMILES string of the molecule is Cc1cn(Cc2ccnc(C(N)=S)c2)c(=O)[nH]c1=O. The van der Waals surface area contributed by atoms with E-state index in [9.17, 15) is 9.59 Å². The van der Waals surface area contributed by atoms with E-state index in [0.717, 1.165) is 5.56 Å². The normalized spacial score (nSPS) is 10.4. The van der Waals surface area contributed by atoms with Crippen molar-refractivity contribution < 1.29 is 0 Å². The molecule has 7 heteroatoms. The molecule has 19 heavy (non-hydrogen) atoms. The van der Waals surface area contributed by atoms with Gasteiger partial charge in [-0.1, -0.05) is 12.2 Å². The second kappa shape index (κ2) is 5.15. The van der Waals surface area contributed by atoms with Gasteiger partial charge in [0, 0.05) is 18.0 Å². The van der Waals surface area contributed by atoms with E-state index in [2.05, 4.69) is 9.97 Å². The Morgan fingerprint density at radius 3 is 2.95 bits per heavy atom. The molecule has 0 fully saturated rings. The summed E-state index contributed by atoms with van der Waals surface area (Å²) in [5, 5.41) is 0. The van der Waals surface area contributed by atoms with Gasteiger partial charge in [0.25, 0.3) is 5.56 Å². The Hall–Kier alpha value is -2.28. The van der Waals surface area contributed by atoms with Crippen LogP contribution in [0.2, 0.25) is 0 Å². The molecule has 2 rings (SSSR count). The monoisotopic (exact) mass is 276 g/mol. The predicted octanol–water partition coefficient (Wildman–Crippen LogP) is -0.0775. The third-order valence-corrected chi connectivity index (χ3v) is 2.83. The van der Waals surface area contributed by atoms with Gasteiger partial charge in [-0.2, -0.15) is 0 Å². The lowest BCUT2D eigenvalue weighted by Crippen LogP contribution is -2.31. The molecule has 0 bridgehead atoms. The first-order chi connectivity index (χ1) is 8.97. The molecule has 0 aromatic carbocycles. The molecule has 0 radical (unpaired) electrons. The van der Waals surface area contributed by atoms with Crippen LogP contribution >= 0.6 is 12.2 Å². The highest BCUT2D eigenvalue weighted by Crippen LogP contribution is 2.03. The molecule has 6 nitrogen and oxygen atoms in total. The molecule has 3 N–H and O–H groups in total. The minimum atomic E-state index is -0.454. The van der Waals surface area contributed by atoms with Crippen LogP contribution in [0.1, 0.15) is 16.8 Å². The van der Waals surface area contributed by atoms with Crippen LogP contribution in [0.4, 0.5) is 0 Å². The first-order valence-corrected chi connectivity index (χ1v) is 5.93. The van der Waals surface area contributed by atoms with Gasteiger partial charge in [0.05, 0.1) is 12.2 Å². The number of nitrogens with one attached hydrogen (secondary N) is 1. The number of hydrogen-bond acceptors (Lipinski definition) is 4. The number of nitrogens with two attached hydrogens (primary N) is 1. The number of H-pyrrole nitrogens is 1. The van der Waals surface area contributed by atoms with Crippen molar-refractivity contribution in [2.45, 2.75) is 13.5 Å². The van der Waals surface area contributed by atoms with Crippen molar-refractivity contribution in [3.05, 3.63) is 62.2 Å². The fourth-order valence-electron chi connectivity index (χ4n) is 1.64. The zero-order valence-electron chi connectivity index (χ0n) is 10.2. The second-order valence-corrected chi connectivity index (χ2v) is 4.55. The summed E-state index contributed by atoms with van der Waals surface area (Å²) in [5.74, 6) is 0. The lowest BCUT2D eigenvalue weighted by Gasteiger charge is -2.07. The van der Waals surface area contributed by atoms with Crippen LogP contribution in [-0.2, 0) is 6.54 Å². The Kier molecular flexibility index (Phi) is 3.57. The van der Waals surface area contributed by atoms with Gasteiger partial charge in [0.2, 0.25) is 0 Å². The van der Waals surface area contributed by atoms with Crippen molar-refractivity contribution in [2.24, 2.45) is 5.73 Å². The number of nitrogens with zero attached hydrogens (tertiary/aromatic N) is 2. The van der Waals surface area contributed by atoms with Crippen LogP contribution < -0.4 is 17.0 Å². The number of hydrogen-bond donors (Lipinski definition) is 2. The molecule has 0 aliphatic rings. The summed E-state index contributed by atoms with van der Waals surface area (Å²) in [6, 6.07) is 3.48. The van der Waals surface area contributed by atoms with E-state index in [4.69, 9.17) is 18.0 Å². The van der Waals surface area contributed by atoms with E-state index < -0.39 is 5.69 Å². The Balaban J connectivity index is 2.39. The van der Waals surface area contributed by atoms with Crippen molar-refractivity contribution in [3.8, 4) is 0 Å². The molecule has 2 aromatic heterocycles. The highest BCUT2D eigenvalue weighted by Gasteiger charge is 2.04. The highest BCUT2D eigenvalue weighted by molar-refractivity contribution is 7.80. The Bertz CT molecular complexity index is 748. The first-order valence-electron chi connectivity index (χ1n) is 5.52. The first kappa shape index (κ1) is 13.2. The summed E-state index contributed by atoms with van der Waals surface area (Å²) in [6.07, 6.45) is 3.09. The molecule has 0 unspecified atom stereocenters. The minimum Gasteiger partial charge on any atom is -0.388 e. The average Bonchev–Trinajstić information content (AvgIpc) is 2.36. The molecule has 0 atom stereocenters. The third kappa shape index (κ3) is 2.94. The van der Waals surface area contributed by atoms with Crippen molar-refractivity contribution in [1.82, 2.24) is 14.5 Å². The Labute approximate surface area is 113 Å². The molecule has 0 aliphatic carbocycles. The molecule has 0 spiro atoms. The van der Waals surface area contributed by atoms with Crippen LogP contribution in [0.3, 0.4) is 0 Å². The maximum atomic E-state index is 11.7. The number of thiocarbonyl (C=S) groups is 1. The zero-order chi connectivity index (χ0) is 14.0. The van der Waals surface area contributed by atoms with Gasteiger partial charge in [-0.3, -0.25) is 19.3 Å². The lowest BCUT2D eigenvalue weighted by molar-refractivity contribution is 0.712. The molecule has 0 aliphatic heterocycles. The Morgan fingerprint density at radius 2 is 2.26 bits per heavy atom. The average molecular weight is 276 g/mol. The Morgan fingerprint density at radius 1 is 1.53 bits per heavy atom. The number of aryl methyl sites for hydroxylation is 1. The van der Waals surface area contributed by atoms with Crippen molar-refractivity contribution >= 4 is 17.2 Å². The highest BCUT2D eigenvalue weighted by atomic mass is 32.1. The van der Waals surface area contributed by atoms with Gasteiger partial charge in [0.15, 0.2) is 0 Å². The summed E-state index contributed by atoms with van der Waals surface area (Å²) in [6.45, 7) is 1.95. The number of pyridine rings is 1. The van der Waals surface area contributed by atoms with Crippen LogP contribution in [0.5, 0.6) is 0 Å². The summed E-state index contributed by atoms with van der Waals surface area (Å²) < 4.78 is 1.41. The van der Waals surface area contributed by atoms with Gasteiger partial charge >= 0.3 is 5.69 Å². The molecular weight excluding hydrogens is 264 g/mol. The van der Waals surface area contributed by atoms with Gasteiger partial charge in [-0.25, -0.2) is 4.79 Å². The second-order valence-electron chi connectivity index (χ2n) is 4.11. The van der Waals surface area contributed by atoms with E-state index in [1.54, 1.807) is 25.3 Å². The molecule has 2 heterocycles. The smallest absolute Gasteiger partial charge is 0.328 e. The quantitative estimate of drug-likeness (QED) is 0.765. The van der Waals surface area contributed by atoms with Crippen LogP contribution in [0, 0.1) is 6.92 Å². The standard InChI is InChI=1S/C12H12N4O2S/c1-7-5-16(12(18)15-11(7)17)6-8-2-3-14-9(4-8)10(13)19/h2-5H,6H2,1H3,(H2,13,19)(H,15,17,18). The largest absolute Gasteiger partial charge is 0.388 e. The predicted molar refractivity (Wildman–Crippen MR) is 75.3 cm³/mol. The molecule has 0 saturated heterocycles. The summed E-state index contributed by atoms with van der Waals surface area (Å²) in [5.41, 5.74) is 6.48. The fourth-order valence-corrected chi connectivity index (χ4v) is 1.75. The zero-order valence-corrected chi connectivity index (χ0v) is 11.0. The summed E-state index contributed by atoms with van der Waals surface area (Å²) >= 11 is 4.85. The van der Waals surface area contributed by atoms with Gasteiger partial charge in [0.1, 0.15) is 4.99 Å². The van der Waals surface area contributed by atoms with Gasteiger partial charge in [-0.05, 0) is 24.6 Å². The van der Waals surface area contributed by atoms with E-state index in [0.29, 0.717) is 17.8 Å².